The van der Waals surface area contributed by atoms with Crippen molar-refractivity contribution in [1.29, 1.82) is 0 Å². The van der Waals surface area contributed by atoms with Crippen molar-refractivity contribution < 1.29 is 8.42 Å². The first-order valence-corrected chi connectivity index (χ1v) is 9.82. The van der Waals surface area contributed by atoms with Crippen LogP contribution < -0.4 is 5.73 Å². The van der Waals surface area contributed by atoms with Gasteiger partial charge >= 0.3 is 0 Å². The lowest BCUT2D eigenvalue weighted by Gasteiger charge is -2.36. The third kappa shape index (κ3) is 3.16. The molecule has 1 aromatic heterocycles. The second kappa shape index (κ2) is 6.32. The molecule has 0 bridgehead atoms. The van der Waals surface area contributed by atoms with Gasteiger partial charge in [-0.2, -0.15) is 16.1 Å². The Morgan fingerprint density at radius 2 is 2.10 bits per heavy atom. The van der Waals surface area contributed by atoms with E-state index in [1.807, 2.05) is 37.1 Å². The smallest absolute Gasteiger partial charge is 0.244 e. The number of sulfonamides is 1. The third-order valence-corrected chi connectivity index (χ3v) is 7.39. The van der Waals surface area contributed by atoms with Gasteiger partial charge in [-0.3, -0.25) is 0 Å². The maximum Gasteiger partial charge on any atom is 0.244 e. The Kier molecular flexibility index (Phi) is 5.07. The molecular formula is C14H25N3O2S2. The normalized spacial score (nSPS) is 24.7. The molecular weight excluding hydrogens is 306 g/mol. The molecule has 2 rings (SSSR count). The van der Waals surface area contributed by atoms with E-state index in [2.05, 4.69) is 6.92 Å². The molecule has 0 radical (unpaired) electrons. The average Bonchev–Trinajstić information content (AvgIpc) is 2.86. The third-order valence-electron chi connectivity index (χ3n) is 4.10. The lowest BCUT2D eigenvalue weighted by molar-refractivity contribution is 0.340. The summed E-state index contributed by atoms with van der Waals surface area (Å²) >= 11 is 1.83. The lowest BCUT2D eigenvalue weighted by Crippen LogP contribution is -2.47. The Labute approximate surface area is 131 Å². The summed E-state index contributed by atoms with van der Waals surface area (Å²) in [5, 5.41) is 0.315. The summed E-state index contributed by atoms with van der Waals surface area (Å²) in [7, 11) is -3.45. The van der Waals surface area contributed by atoms with E-state index in [0.29, 0.717) is 23.2 Å². The van der Waals surface area contributed by atoms with E-state index in [1.54, 1.807) is 16.6 Å². The van der Waals surface area contributed by atoms with Gasteiger partial charge in [-0.1, -0.05) is 6.92 Å². The molecule has 5 nitrogen and oxygen atoms in total. The van der Waals surface area contributed by atoms with Crippen molar-refractivity contribution in [3.8, 4) is 0 Å². The number of thioether (sulfide) groups is 1. The van der Waals surface area contributed by atoms with Gasteiger partial charge in [0.25, 0.3) is 0 Å². The SMILES string of the molecule is CC1SCCN(S(=O)(=O)c2cc(CN)n(C(C)C)c2)C1C. The van der Waals surface area contributed by atoms with Crippen molar-refractivity contribution in [2.45, 2.75) is 56.5 Å². The minimum Gasteiger partial charge on any atom is -0.346 e. The number of rotatable bonds is 4. The highest BCUT2D eigenvalue weighted by atomic mass is 32.2. The van der Waals surface area contributed by atoms with E-state index in [1.165, 1.54) is 0 Å². The highest BCUT2D eigenvalue weighted by molar-refractivity contribution is 8.00. The fraction of sp³-hybridized carbons (Fsp3) is 0.714. The molecule has 7 heteroatoms. The van der Waals surface area contributed by atoms with Crippen LogP contribution in [0.2, 0.25) is 0 Å². The van der Waals surface area contributed by atoms with Crippen molar-refractivity contribution in [2.24, 2.45) is 5.73 Å². The largest absolute Gasteiger partial charge is 0.346 e. The molecule has 1 aliphatic rings. The fourth-order valence-corrected chi connectivity index (χ4v) is 5.71. The number of hydrogen-bond donors (Lipinski definition) is 1. The molecule has 1 aliphatic heterocycles. The van der Waals surface area contributed by atoms with Crippen LogP contribution in [0.25, 0.3) is 0 Å². The monoisotopic (exact) mass is 331 g/mol. The fourth-order valence-electron chi connectivity index (χ4n) is 2.66. The Hall–Kier alpha value is -0.500. The van der Waals surface area contributed by atoms with Crippen LogP contribution in [0.4, 0.5) is 0 Å². The van der Waals surface area contributed by atoms with Crippen molar-refractivity contribution in [3.05, 3.63) is 18.0 Å². The van der Waals surface area contributed by atoms with Crippen LogP contribution in [0.5, 0.6) is 0 Å². The van der Waals surface area contributed by atoms with Gasteiger partial charge in [0.1, 0.15) is 4.90 Å². The van der Waals surface area contributed by atoms with Gasteiger partial charge < -0.3 is 10.3 Å². The second-order valence-corrected chi connectivity index (χ2v) is 9.18. The molecule has 0 amide bonds. The van der Waals surface area contributed by atoms with E-state index in [4.69, 9.17) is 5.73 Å². The van der Waals surface area contributed by atoms with Crippen LogP contribution in [0.15, 0.2) is 17.2 Å². The van der Waals surface area contributed by atoms with Crippen molar-refractivity contribution >= 4 is 21.8 Å². The number of hydrogen-bond acceptors (Lipinski definition) is 4. The van der Waals surface area contributed by atoms with Crippen molar-refractivity contribution in [1.82, 2.24) is 8.87 Å². The molecule has 0 spiro atoms. The summed E-state index contributed by atoms with van der Waals surface area (Å²) in [6.45, 7) is 9.04. The van der Waals surface area contributed by atoms with Crippen LogP contribution in [0.3, 0.4) is 0 Å². The average molecular weight is 332 g/mol. The van der Waals surface area contributed by atoms with Crippen LogP contribution >= 0.6 is 11.8 Å². The molecule has 120 valence electrons. The summed E-state index contributed by atoms with van der Waals surface area (Å²) < 4.78 is 29.4. The van der Waals surface area contributed by atoms with Gasteiger partial charge in [-0.25, -0.2) is 8.42 Å². The van der Waals surface area contributed by atoms with E-state index in [0.717, 1.165) is 11.4 Å². The van der Waals surface area contributed by atoms with Gasteiger partial charge in [0.05, 0.1) is 0 Å². The number of nitrogens with two attached hydrogens (primary N) is 1. The van der Waals surface area contributed by atoms with Gasteiger partial charge in [0, 0.05) is 48.1 Å². The van der Waals surface area contributed by atoms with Crippen LogP contribution in [-0.4, -0.2) is 40.9 Å². The van der Waals surface area contributed by atoms with Crippen molar-refractivity contribution in [3.63, 3.8) is 0 Å². The molecule has 1 saturated heterocycles. The molecule has 2 unspecified atom stereocenters. The van der Waals surface area contributed by atoms with Crippen molar-refractivity contribution in [2.75, 3.05) is 12.3 Å². The molecule has 0 aliphatic carbocycles. The van der Waals surface area contributed by atoms with Crippen LogP contribution in [0.1, 0.15) is 39.4 Å². The van der Waals surface area contributed by atoms with E-state index >= 15 is 0 Å². The minimum absolute atomic E-state index is 0.0116. The van der Waals surface area contributed by atoms with E-state index < -0.39 is 10.0 Å². The number of aromatic nitrogens is 1. The number of nitrogens with zero attached hydrogens (tertiary/aromatic N) is 2. The second-order valence-electron chi connectivity index (χ2n) is 5.80. The van der Waals surface area contributed by atoms with Gasteiger partial charge in [0.15, 0.2) is 0 Å². The lowest BCUT2D eigenvalue weighted by atomic mass is 10.2. The quantitative estimate of drug-likeness (QED) is 0.917. The Morgan fingerprint density at radius 3 is 2.62 bits per heavy atom. The summed E-state index contributed by atoms with van der Waals surface area (Å²) in [5.41, 5.74) is 6.60. The first kappa shape index (κ1) is 16.9. The minimum atomic E-state index is -3.45. The first-order valence-electron chi connectivity index (χ1n) is 7.33. The highest BCUT2D eigenvalue weighted by Gasteiger charge is 2.35. The first-order chi connectivity index (χ1) is 9.78. The summed E-state index contributed by atoms with van der Waals surface area (Å²) in [6, 6.07) is 1.92. The summed E-state index contributed by atoms with van der Waals surface area (Å²) in [5.74, 6) is 0.847. The molecule has 0 aromatic carbocycles. The van der Waals surface area contributed by atoms with E-state index in [-0.39, 0.29) is 12.1 Å². The molecule has 21 heavy (non-hydrogen) atoms. The van der Waals surface area contributed by atoms with Gasteiger partial charge in [-0.15, -0.1) is 0 Å². The maximum atomic E-state index is 12.9. The predicted octanol–water partition coefficient (Wildman–Crippen LogP) is 2.04. The molecule has 0 saturated carbocycles. The zero-order chi connectivity index (χ0) is 15.8. The summed E-state index contributed by atoms with van der Waals surface area (Å²) in [4.78, 5) is 0.364. The molecule has 1 fully saturated rings. The molecule has 2 heterocycles. The van der Waals surface area contributed by atoms with Crippen LogP contribution in [0, 0.1) is 0 Å². The summed E-state index contributed by atoms with van der Waals surface area (Å²) in [6.07, 6.45) is 1.72. The van der Waals surface area contributed by atoms with Gasteiger partial charge in [0.2, 0.25) is 10.0 Å². The predicted molar refractivity (Wildman–Crippen MR) is 88.0 cm³/mol. The maximum absolute atomic E-state index is 12.9. The highest BCUT2D eigenvalue weighted by Crippen LogP contribution is 2.30. The Bertz CT molecular complexity index is 595. The topological polar surface area (TPSA) is 68.3 Å². The standard InChI is InChI=1S/C14H25N3O2S2/c1-10(2)16-9-14(7-13(16)8-15)21(18,19)17-5-6-20-12(4)11(17)3/h7,9-12H,5-6,8,15H2,1-4H3. The zero-order valence-corrected chi connectivity index (χ0v) is 14.7. The molecule has 1 aromatic rings. The zero-order valence-electron chi connectivity index (χ0n) is 13.1. The Morgan fingerprint density at radius 1 is 1.43 bits per heavy atom. The van der Waals surface area contributed by atoms with Crippen LogP contribution in [-0.2, 0) is 16.6 Å². The van der Waals surface area contributed by atoms with E-state index in [9.17, 15) is 8.42 Å². The molecule has 2 N–H and O–H groups in total. The van der Waals surface area contributed by atoms with Gasteiger partial charge in [-0.05, 0) is 26.8 Å². The molecule has 2 atom stereocenters. The Balaban J connectivity index is 2.40.